The Morgan fingerprint density at radius 2 is 2.36 bits per heavy atom. The van der Waals surface area contributed by atoms with Gasteiger partial charge in [0.15, 0.2) is 0 Å². The molecule has 0 bridgehead atoms. The minimum Gasteiger partial charge on any atom is -0.198 e. The fourth-order valence-electron chi connectivity index (χ4n) is 1.20. The molecule has 0 amide bonds. The van der Waals surface area contributed by atoms with E-state index in [9.17, 15) is 0 Å². The molecule has 5 nitrogen and oxygen atoms in total. The summed E-state index contributed by atoms with van der Waals surface area (Å²) < 4.78 is 0. The van der Waals surface area contributed by atoms with Gasteiger partial charge in [-0.25, -0.2) is 0 Å². The van der Waals surface area contributed by atoms with Crippen LogP contribution in [0.5, 0.6) is 0 Å². The minimum atomic E-state index is 0.395. The van der Waals surface area contributed by atoms with Gasteiger partial charge in [0.25, 0.3) is 0 Å². The summed E-state index contributed by atoms with van der Waals surface area (Å²) in [4.78, 5) is 0. The molecule has 0 aliphatic rings. The summed E-state index contributed by atoms with van der Waals surface area (Å²) in [5, 5.41) is 22.1. The molecule has 0 aliphatic carbocycles. The number of nitrogens with one attached hydrogen (secondary N) is 1. The highest BCUT2D eigenvalue weighted by atomic mass is 15.5. The first-order chi connectivity index (χ1) is 6.90. The molecule has 68 valence electrons. The van der Waals surface area contributed by atoms with Crippen LogP contribution in [0.2, 0.25) is 0 Å². The number of rotatable bonds is 2. The van der Waals surface area contributed by atoms with Crippen LogP contribution in [-0.2, 0) is 6.42 Å². The quantitative estimate of drug-likeness (QED) is 0.754. The topological polar surface area (TPSA) is 78.2 Å². The van der Waals surface area contributed by atoms with Gasteiger partial charge in [-0.2, -0.15) is 10.5 Å². The Hall–Kier alpha value is -2.22. The van der Waals surface area contributed by atoms with Crippen LogP contribution in [0.3, 0.4) is 0 Å². The first-order valence-corrected chi connectivity index (χ1v) is 4.10. The van der Waals surface area contributed by atoms with Gasteiger partial charge >= 0.3 is 0 Å². The predicted octanol–water partition coefficient (Wildman–Crippen LogP) is 0.933. The third-order valence-electron chi connectivity index (χ3n) is 1.81. The van der Waals surface area contributed by atoms with Crippen LogP contribution in [-0.4, -0.2) is 20.6 Å². The van der Waals surface area contributed by atoms with E-state index in [-0.39, 0.29) is 0 Å². The standard InChI is InChI=1S/C9H7N5/c10-5-4-7-2-1-3-8(6-7)9-11-13-14-12-9/h1-3,6H,4H2,(H,11,12,13,14). The number of hydrogen-bond acceptors (Lipinski definition) is 4. The lowest BCUT2D eigenvalue weighted by atomic mass is 10.1. The van der Waals surface area contributed by atoms with Crippen LogP contribution in [0.15, 0.2) is 24.3 Å². The highest BCUT2D eigenvalue weighted by Gasteiger charge is 2.02. The van der Waals surface area contributed by atoms with Gasteiger partial charge in [-0.15, -0.1) is 10.2 Å². The number of hydrogen-bond donors (Lipinski definition) is 1. The third-order valence-corrected chi connectivity index (χ3v) is 1.81. The van der Waals surface area contributed by atoms with Crippen molar-refractivity contribution in [3.8, 4) is 17.5 Å². The fourth-order valence-corrected chi connectivity index (χ4v) is 1.20. The molecule has 0 saturated heterocycles. The van der Waals surface area contributed by atoms with Crippen molar-refractivity contribution >= 4 is 0 Å². The summed E-state index contributed by atoms with van der Waals surface area (Å²) >= 11 is 0. The lowest BCUT2D eigenvalue weighted by Gasteiger charge is -1.96. The van der Waals surface area contributed by atoms with E-state index in [4.69, 9.17) is 5.26 Å². The number of benzene rings is 1. The summed E-state index contributed by atoms with van der Waals surface area (Å²) in [6.07, 6.45) is 0.395. The molecule has 0 saturated carbocycles. The van der Waals surface area contributed by atoms with E-state index in [0.29, 0.717) is 12.2 Å². The zero-order chi connectivity index (χ0) is 9.80. The minimum absolute atomic E-state index is 0.395. The van der Waals surface area contributed by atoms with E-state index in [2.05, 4.69) is 26.7 Å². The van der Waals surface area contributed by atoms with Crippen LogP contribution < -0.4 is 0 Å². The van der Waals surface area contributed by atoms with Crippen molar-refractivity contribution in [2.24, 2.45) is 0 Å². The number of H-pyrrole nitrogens is 1. The molecule has 1 aromatic heterocycles. The second kappa shape index (κ2) is 3.66. The molecule has 0 radical (unpaired) electrons. The van der Waals surface area contributed by atoms with Gasteiger partial charge < -0.3 is 0 Å². The molecule has 0 atom stereocenters. The molecule has 0 fully saturated rings. The van der Waals surface area contributed by atoms with E-state index < -0.39 is 0 Å². The van der Waals surface area contributed by atoms with Crippen molar-refractivity contribution in [1.29, 1.82) is 5.26 Å². The van der Waals surface area contributed by atoms with Crippen molar-refractivity contribution in [2.75, 3.05) is 0 Å². The summed E-state index contributed by atoms with van der Waals surface area (Å²) in [6.45, 7) is 0. The van der Waals surface area contributed by atoms with Gasteiger partial charge in [-0.3, -0.25) is 0 Å². The molecule has 1 N–H and O–H groups in total. The van der Waals surface area contributed by atoms with E-state index in [1.807, 2.05) is 24.3 Å². The van der Waals surface area contributed by atoms with Crippen LogP contribution in [0.4, 0.5) is 0 Å². The molecule has 0 spiro atoms. The molecular weight excluding hydrogens is 178 g/mol. The number of nitrogens with zero attached hydrogens (tertiary/aromatic N) is 4. The maximum Gasteiger partial charge on any atom is 0.204 e. The zero-order valence-electron chi connectivity index (χ0n) is 7.31. The van der Waals surface area contributed by atoms with Crippen LogP contribution in [0, 0.1) is 11.3 Å². The summed E-state index contributed by atoms with van der Waals surface area (Å²) in [6, 6.07) is 9.62. The van der Waals surface area contributed by atoms with Gasteiger partial charge in [-0.1, -0.05) is 18.2 Å². The van der Waals surface area contributed by atoms with Crippen LogP contribution in [0.1, 0.15) is 5.56 Å². The van der Waals surface area contributed by atoms with Gasteiger partial charge in [0, 0.05) is 5.56 Å². The maximum atomic E-state index is 8.54. The monoisotopic (exact) mass is 185 g/mol. The number of aromatic amines is 1. The Morgan fingerprint density at radius 1 is 1.43 bits per heavy atom. The molecule has 0 unspecified atom stereocenters. The molecule has 1 heterocycles. The Balaban J connectivity index is 2.37. The lowest BCUT2D eigenvalue weighted by Crippen LogP contribution is -1.85. The smallest absolute Gasteiger partial charge is 0.198 e. The Kier molecular flexibility index (Phi) is 2.19. The zero-order valence-corrected chi connectivity index (χ0v) is 7.31. The number of nitriles is 1. The Bertz CT molecular complexity index is 454. The average molecular weight is 185 g/mol. The molecular formula is C9H7N5. The first kappa shape index (κ1) is 8.38. The van der Waals surface area contributed by atoms with Gasteiger partial charge in [0.1, 0.15) is 0 Å². The summed E-state index contributed by atoms with van der Waals surface area (Å²) in [5.41, 5.74) is 1.82. The van der Waals surface area contributed by atoms with Crippen LogP contribution >= 0.6 is 0 Å². The average Bonchev–Trinajstić information content (AvgIpc) is 2.71. The molecule has 2 rings (SSSR count). The molecule has 5 heteroatoms. The van der Waals surface area contributed by atoms with Gasteiger partial charge in [0.05, 0.1) is 12.5 Å². The Labute approximate surface area is 80.4 Å². The van der Waals surface area contributed by atoms with Crippen LogP contribution in [0.25, 0.3) is 11.4 Å². The molecule has 1 aromatic carbocycles. The van der Waals surface area contributed by atoms with Crippen molar-refractivity contribution in [3.05, 3.63) is 29.8 Å². The SMILES string of the molecule is N#CCc1cccc(-c2nn[nH]n2)c1. The molecule has 0 aliphatic heterocycles. The summed E-state index contributed by atoms with van der Waals surface area (Å²) in [5.74, 6) is 0.546. The van der Waals surface area contributed by atoms with Crippen molar-refractivity contribution in [2.45, 2.75) is 6.42 Å². The summed E-state index contributed by atoms with van der Waals surface area (Å²) in [7, 11) is 0. The highest BCUT2D eigenvalue weighted by Crippen LogP contribution is 2.14. The largest absolute Gasteiger partial charge is 0.204 e. The van der Waals surface area contributed by atoms with Crippen molar-refractivity contribution in [3.63, 3.8) is 0 Å². The van der Waals surface area contributed by atoms with E-state index in [1.54, 1.807) is 0 Å². The maximum absolute atomic E-state index is 8.54. The van der Waals surface area contributed by atoms with Gasteiger partial charge in [-0.05, 0) is 16.8 Å². The van der Waals surface area contributed by atoms with Gasteiger partial charge in [0.2, 0.25) is 5.82 Å². The van der Waals surface area contributed by atoms with E-state index >= 15 is 0 Å². The normalized spacial score (nSPS) is 9.64. The fraction of sp³-hybridized carbons (Fsp3) is 0.111. The molecule has 2 aromatic rings. The highest BCUT2D eigenvalue weighted by molar-refractivity contribution is 5.55. The Morgan fingerprint density at radius 3 is 3.07 bits per heavy atom. The number of aromatic nitrogens is 4. The van der Waals surface area contributed by atoms with Crippen molar-refractivity contribution in [1.82, 2.24) is 20.6 Å². The first-order valence-electron chi connectivity index (χ1n) is 4.10. The third kappa shape index (κ3) is 1.59. The van der Waals surface area contributed by atoms with Crippen molar-refractivity contribution < 1.29 is 0 Å². The molecule has 14 heavy (non-hydrogen) atoms. The van der Waals surface area contributed by atoms with E-state index in [1.165, 1.54) is 0 Å². The van der Waals surface area contributed by atoms with E-state index in [0.717, 1.165) is 11.1 Å². The second-order valence-corrected chi connectivity index (χ2v) is 2.77. The second-order valence-electron chi connectivity index (χ2n) is 2.77. The lowest BCUT2D eigenvalue weighted by molar-refractivity contribution is 0.881. The predicted molar refractivity (Wildman–Crippen MR) is 48.9 cm³/mol. The number of tetrazole rings is 1.